The molecule has 0 saturated carbocycles. The van der Waals surface area contributed by atoms with Crippen LogP contribution in [-0.2, 0) is 11.3 Å². The number of hydrogen-bond acceptors (Lipinski definition) is 3. The van der Waals surface area contributed by atoms with Gasteiger partial charge in [-0.1, -0.05) is 17.7 Å². The topological polar surface area (TPSA) is 29.1 Å². The van der Waals surface area contributed by atoms with Crippen molar-refractivity contribution >= 4 is 29.0 Å². The minimum atomic E-state index is -0.0821. The number of thiophene rings is 1. The van der Waals surface area contributed by atoms with Crippen LogP contribution in [0.3, 0.4) is 0 Å². The van der Waals surface area contributed by atoms with Crippen molar-refractivity contribution in [3.05, 3.63) is 52.2 Å². The maximum atomic E-state index is 12.0. The molecule has 4 heteroatoms. The van der Waals surface area contributed by atoms with Gasteiger partial charge in [0.15, 0.2) is 0 Å². The summed E-state index contributed by atoms with van der Waals surface area (Å²) in [6, 6.07) is 10.3. The van der Waals surface area contributed by atoms with Gasteiger partial charge in [-0.15, -0.1) is 11.8 Å². The Morgan fingerprint density at radius 3 is 2.68 bits per heavy atom. The summed E-state index contributed by atoms with van der Waals surface area (Å²) in [5.74, 6) is 0.0803. The molecule has 1 aromatic heterocycles. The monoisotopic (exact) mass is 291 g/mol. The highest BCUT2D eigenvalue weighted by Gasteiger charge is 2.13. The lowest BCUT2D eigenvalue weighted by Gasteiger charge is -2.11. The highest BCUT2D eigenvalue weighted by Crippen LogP contribution is 2.23. The van der Waals surface area contributed by atoms with E-state index in [-0.39, 0.29) is 11.2 Å². The molecule has 2 aromatic rings. The van der Waals surface area contributed by atoms with Crippen LogP contribution in [0, 0.1) is 6.92 Å². The lowest BCUT2D eigenvalue weighted by molar-refractivity contribution is -0.120. The first-order chi connectivity index (χ1) is 9.15. The van der Waals surface area contributed by atoms with Crippen LogP contribution in [0.25, 0.3) is 0 Å². The number of nitrogens with one attached hydrogen (secondary N) is 1. The summed E-state index contributed by atoms with van der Waals surface area (Å²) in [5.41, 5.74) is 2.39. The number of carbonyl (C=O) groups excluding carboxylic acids is 1. The van der Waals surface area contributed by atoms with Gasteiger partial charge in [0.25, 0.3) is 0 Å². The smallest absolute Gasteiger partial charge is 0.233 e. The second-order valence-electron chi connectivity index (χ2n) is 4.42. The van der Waals surface area contributed by atoms with Crippen molar-refractivity contribution in [1.82, 2.24) is 5.32 Å². The van der Waals surface area contributed by atoms with Gasteiger partial charge >= 0.3 is 0 Å². The van der Waals surface area contributed by atoms with Gasteiger partial charge < -0.3 is 5.32 Å². The van der Waals surface area contributed by atoms with Crippen LogP contribution >= 0.6 is 23.1 Å². The molecule has 0 bridgehead atoms. The van der Waals surface area contributed by atoms with Gasteiger partial charge in [-0.25, -0.2) is 0 Å². The number of rotatable bonds is 5. The molecule has 19 heavy (non-hydrogen) atoms. The Labute approximate surface area is 122 Å². The van der Waals surface area contributed by atoms with Crippen molar-refractivity contribution in [2.24, 2.45) is 0 Å². The van der Waals surface area contributed by atoms with Crippen molar-refractivity contribution in [3.8, 4) is 0 Å². The SMILES string of the molecule is Cc1ccc(SC(C)C(=O)NCc2ccsc2)cc1. The second kappa shape index (κ2) is 6.78. The molecule has 2 nitrogen and oxygen atoms in total. The fourth-order valence-corrected chi connectivity index (χ4v) is 3.16. The Morgan fingerprint density at radius 2 is 2.05 bits per heavy atom. The first-order valence-electron chi connectivity index (χ1n) is 6.17. The third-order valence-electron chi connectivity index (χ3n) is 2.75. The predicted octanol–water partition coefficient (Wildman–Crippen LogP) is 3.85. The Hall–Kier alpha value is -1.26. The molecule has 1 atom stereocenters. The Balaban J connectivity index is 1.83. The Kier molecular flexibility index (Phi) is 5.05. The van der Waals surface area contributed by atoms with Gasteiger partial charge in [0.05, 0.1) is 5.25 Å². The van der Waals surface area contributed by atoms with Crippen molar-refractivity contribution in [1.29, 1.82) is 0 Å². The van der Waals surface area contributed by atoms with E-state index in [4.69, 9.17) is 0 Å². The number of carbonyl (C=O) groups is 1. The molecule has 0 spiro atoms. The standard InChI is InChI=1S/C15H17NOS2/c1-11-3-5-14(6-4-11)19-12(2)15(17)16-9-13-7-8-18-10-13/h3-8,10,12H,9H2,1-2H3,(H,16,17). The largest absolute Gasteiger partial charge is 0.351 e. The van der Waals surface area contributed by atoms with E-state index >= 15 is 0 Å². The summed E-state index contributed by atoms with van der Waals surface area (Å²) in [5, 5.41) is 6.95. The van der Waals surface area contributed by atoms with Crippen molar-refractivity contribution < 1.29 is 4.79 Å². The summed E-state index contributed by atoms with van der Waals surface area (Å²) in [6.07, 6.45) is 0. The molecule has 0 saturated heterocycles. The molecule has 1 heterocycles. The van der Waals surface area contributed by atoms with Crippen LogP contribution in [0.4, 0.5) is 0 Å². The van der Waals surface area contributed by atoms with E-state index in [9.17, 15) is 4.79 Å². The number of amides is 1. The predicted molar refractivity (Wildman–Crippen MR) is 82.7 cm³/mol. The highest BCUT2D eigenvalue weighted by molar-refractivity contribution is 8.00. The van der Waals surface area contributed by atoms with Gasteiger partial charge in [-0.2, -0.15) is 11.3 Å². The maximum absolute atomic E-state index is 12.0. The zero-order valence-corrected chi connectivity index (χ0v) is 12.7. The van der Waals surface area contributed by atoms with Crippen molar-refractivity contribution in [2.45, 2.75) is 30.5 Å². The van der Waals surface area contributed by atoms with Crippen LogP contribution in [0.5, 0.6) is 0 Å². The van der Waals surface area contributed by atoms with Gasteiger partial charge in [0.1, 0.15) is 0 Å². The average molecular weight is 291 g/mol. The summed E-state index contributed by atoms with van der Waals surface area (Å²) in [6.45, 7) is 4.61. The molecule has 2 rings (SSSR count). The molecule has 100 valence electrons. The van der Waals surface area contributed by atoms with Gasteiger partial charge in [0.2, 0.25) is 5.91 Å². The molecule has 0 aliphatic heterocycles. The third-order valence-corrected chi connectivity index (χ3v) is 4.59. The first kappa shape index (κ1) is 14.2. The molecule has 0 fully saturated rings. The van der Waals surface area contributed by atoms with Gasteiger partial charge in [-0.05, 0) is 48.4 Å². The fraction of sp³-hybridized carbons (Fsp3) is 0.267. The third kappa shape index (κ3) is 4.40. The second-order valence-corrected chi connectivity index (χ2v) is 6.62. The maximum Gasteiger partial charge on any atom is 0.233 e. The lowest BCUT2D eigenvalue weighted by Crippen LogP contribution is -2.30. The van der Waals surface area contributed by atoms with Gasteiger partial charge in [-0.3, -0.25) is 4.79 Å². The van der Waals surface area contributed by atoms with Gasteiger partial charge in [0, 0.05) is 11.4 Å². The lowest BCUT2D eigenvalue weighted by atomic mass is 10.2. The van der Waals surface area contributed by atoms with E-state index in [1.165, 1.54) is 5.56 Å². The van der Waals surface area contributed by atoms with Crippen LogP contribution in [-0.4, -0.2) is 11.2 Å². The minimum Gasteiger partial charge on any atom is -0.351 e. The number of benzene rings is 1. The number of thioether (sulfide) groups is 1. The Morgan fingerprint density at radius 1 is 1.32 bits per heavy atom. The van der Waals surface area contributed by atoms with Crippen molar-refractivity contribution in [3.63, 3.8) is 0 Å². The Bertz CT molecular complexity index is 520. The molecule has 1 aromatic carbocycles. The van der Waals surface area contributed by atoms with Crippen LogP contribution in [0.1, 0.15) is 18.1 Å². The molecule has 1 unspecified atom stereocenters. The van der Waals surface area contributed by atoms with E-state index in [1.54, 1.807) is 23.1 Å². The normalized spacial score (nSPS) is 12.1. The van der Waals surface area contributed by atoms with Crippen LogP contribution in [0.2, 0.25) is 0 Å². The molecule has 0 aliphatic carbocycles. The zero-order valence-electron chi connectivity index (χ0n) is 11.1. The number of hydrogen-bond donors (Lipinski definition) is 1. The van der Waals surface area contributed by atoms with E-state index in [0.717, 1.165) is 10.5 Å². The molecular weight excluding hydrogens is 274 g/mol. The van der Waals surface area contributed by atoms with E-state index in [0.29, 0.717) is 6.54 Å². The van der Waals surface area contributed by atoms with Crippen LogP contribution < -0.4 is 5.32 Å². The average Bonchev–Trinajstić information content (AvgIpc) is 2.91. The zero-order chi connectivity index (χ0) is 13.7. The molecule has 0 aliphatic rings. The first-order valence-corrected chi connectivity index (χ1v) is 7.99. The molecule has 1 amide bonds. The van der Waals surface area contributed by atoms with E-state index in [1.807, 2.05) is 18.4 Å². The fourth-order valence-electron chi connectivity index (χ4n) is 1.60. The molecule has 1 N–H and O–H groups in total. The molecular formula is C15H17NOS2. The summed E-state index contributed by atoms with van der Waals surface area (Å²) in [7, 11) is 0. The highest BCUT2D eigenvalue weighted by atomic mass is 32.2. The van der Waals surface area contributed by atoms with E-state index in [2.05, 4.69) is 41.9 Å². The van der Waals surface area contributed by atoms with E-state index < -0.39 is 0 Å². The number of aryl methyl sites for hydroxylation is 1. The summed E-state index contributed by atoms with van der Waals surface area (Å²) < 4.78 is 0. The minimum absolute atomic E-state index is 0.0803. The summed E-state index contributed by atoms with van der Waals surface area (Å²) in [4.78, 5) is 13.1. The molecule has 0 radical (unpaired) electrons. The summed E-state index contributed by atoms with van der Waals surface area (Å²) >= 11 is 3.24. The van der Waals surface area contributed by atoms with Crippen LogP contribution in [0.15, 0.2) is 46.0 Å². The van der Waals surface area contributed by atoms with Crippen molar-refractivity contribution in [2.75, 3.05) is 0 Å². The quantitative estimate of drug-likeness (QED) is 0.848.